The molecule has 0 aromatic rings. The third kappa shape index (κ3) is 5.43. The minimum absolute atomic E-state index is 0.217. The van der Waals surface area contributed by atoms with Crippen molar-refractivity contribution in [2.24, 2.45) is 0 Å². The van der Waals surface area contributed by atoms with E-state index in [1.54, 1.807) is 0 Å². The number of hydrogen-bond donors (Lipinski definition) is 0. The van der Waals surface area contributed by atoms with Gasteiger partial charge in [-0.2, -0.15) is 0 Å². The second-order valence-corrected chi connectivity index (χ2v) is 4.99. The van der Waals surface area contributed by atoms with Crippen molar-refractivity contribution < 1.29 is 19.1 Å². The molecule has 0 heterocycles. The number of ether oxygens (including phenoxy) is 2. The first-order valence-corrected chi connectivity index (χ1v) is 6.70. The Morgan fingerprint density at radius 1 is 0.900 bits per heavy atom. The first kappa shape index (κ1) is 16.2. The molecule has 0 aromatic carbocycles. The molecule has 0 amide bonds. The molecule has 0 saturated heterocycles. The van der Waals surface area contributed by atoms with Gasteiger partial charge in [-0.25, -0.2) is 0 Å². The Morgan fingerprint density at radius 2 is 1.25 bits per heavy atom. The average Bonchev–Trinajstić information content (AvgIpc) is 2.37. The molecular formula is C16H22O4. The minimum Gasteiger partial charge on any atom is -0.461 e. The molecule has 1 aliphatic rings. The highest BCUT2D eigenvalue weighted by Crippen LogP contribution is 2.22. The molecule has 0 bridgehead atoms. The highest BCUT2D eigenvalue weighted by atomic mass is 16.5. The Morgan fingerprint density at radius 3 is 1.55 bits per heavy atom. The summed E-state index contributed by atoms with van der Waals surface area (Å²) in [6.45, 7) is 7.40. The van der Waals surface area contributed by atoms with Gasteiger partial charge in [0.15, 0.2) is 0 Å². The van der Waals surface area contributed by atoms with E-state index in [2.05, 4.69) is 13.8 Å². The first-order valence-electron chi connectivity index (χ1n) is 6.70. The number of carbonyl (C=O) groups excluding carboxylic acids is 2. The SMILES string of the molecule is CC(=O)OCC1=C/C/C(C)=C(/C)C/C=C\1COC(C)=O. The zero-order chi connectivity index (χ0) is 15.1. The van der Waals surface area contributed by atoms with Gasteiger partial charge in [-0.3, -0.25) is 9.59 Å². The number of carbonyl (C=O) groups is 2. The van der Waals surface area contributed by atoms with Gasteiger partial charge in [0.2, 0.25) is 0 Å². The lowest BCUT2D eigenvalue weighted by molar-refractivity contribution is -0.141. The standard InChI is InChI=1S/C16H22O4/c1-11-5-7-15(9-19-13(3)17)16(8-6-12(11)2)10-20-14(4)18/h7-8H,5-6,9-10H2,1-4H3/b12-11-,15-7-,16-8-. The predicted octanol–water partition coefficient (Wildman–Crippen LogP) is 3.10. The van der Waals surface area contributed by atoms with Gasteiger partial charge in [0.25, 0.3) is 0 Å². The fourth-order valence-electron chi connectivity index (χ4n) is 1.83. The maximum Gasteiger partial charge on any atom is 0.302 e. The molecule has 0 aliphatic heterocycles. The molecule has 110 valence electrons. The third-order valence-corrected chi connectivity index (χ3v) is 3.31. The Balaban J connectivity index is 2.91. The van der Waals surface area contributed by atoms with Crippen molar-refractivity contribution in [1.29, 1.82) is 0 Å². The van der Waals surface area contributed by atoms with E-state index in [0.717, 1.165) is 24.0 Å². The van der Waals surface area contributed by atoms with Crippen LogP contribution in [-0.2, 0) is 19.1 Å². The Bertz CT molecular complexity index is 437. The van der Waals surface area contributed by atoms with E-state index in [1.165, 1.54) is 25.0 Å². The number of esters is 2. The number of rotatable bonds is 4. The third-order valence-electron chi connectivity index (χ3n) is 3.31. The molecule has 0 saturated carbocycles. The molecule has 0 radical (unpaired) electrons. The molecule has 20 heavy (non-hydrogen) atoms. The first-order chi connectivity index (χ1) is 9.40. The molecule has 1 rings (SSSR count). The van der Waals surface area contributed by atoms with E-state index in [-0.39, 0.29) is 25.2 Å². The summed E-state index contributed by atoms with van der Waals surface area (Å²) < 4.78 is 10.1. The summed E-state index contributed by atoms with van der Waals surface area (Å²) in [6.07, 6.45) is 5.71. The van der Waals surface area contributed by atoms with E-state index in [0.29, 0.717) is 0 Å². The molecule has 0 spiro atoms. The predicted molar refractivity (Wildman–Crippen MR) is 77.0 cm³/mol. The molecule has 4 heteroatoms. The van der Waals surface area contributed by atoms with Gasteiger partial charge in [0, 0.05) is 13.8 Å². The van der Waals surface area contributed by atoms with E-state index in [9.17, 15) is 9.59 Å². The highest BCUT2D eigenvalue weighted by molar-refractivity contribution is 5.67. The second kappa shape index (κ2) is 7.68. The quantitative estimate of drug-likeness (QED) is 0.585. The van der Waals surface area contributed by atoms with Gasteiger partial charge in [-0.1, -0.05) is 23.3 Å². The Hall–Kier alpha value is -1.84. The lowest BCUT2D eigenvalue weighted by Gasteiger charge is -2.16. The largest absolute Gasteiger partial charge is 0.461 e. The number of hydrogen-bond acceptors (Lipinski definition) is 4. The summed E-state index contributed by atoms with van der Waals surface area (Å²) in [5.41, 5.74) is 4.45. The van der Waals surface area contributed by atoms with Gasteiger partial charge >= 0.3 is 11.9 Å². The average molecular weight is 278 g/mol. The van der Waals surface area contributed by atoms with Crippen LogP contribution in [0.5, 0.6) is 0 Å². The molecule has 0 unspecified atom stereocenters. The minimum atomic E-state index is -0.316. The van der Waals surface area contributed by atoms with Crippen molar-refractivity contribution >= 4 is 11.9 Å². The van der Waals surface area contributed by atoms with Gasteiger partial charge in [-0.15, -0.1) is 0 Å². The smallest absolute Gasteiger partial charge is 0.302 e. The van der Waals surface area contributed by atoms with Crippen LogP contribution in [0, 0.1) is 0 Å². The van der Waals surface area contributed by atoms with E-state index in [4.69, 9.17) is 9.47 Å². The summed E-state index contributed by atoms with van der Waals surface area (Å²) >= 11 is 0. The van der Waals surface area contributed by atoms with E-state index >= 15 is 0 Å². The summed E-state index contributed by atoms with van der Waals surface area (Å²) in [4.78, 5) is 21.9. The van der Waals surface area contributed by atoms with Crippen LogP contribution in [0.1, 0.15) is 40.5 Å². The molecule has 4 nitrogen and oxygen atoms in total. The van der Waals surface area contributed by atoms with Crippen molar-refractivity contribution in [3.05, 3.63) is 34.4 Å². The van der Waals surface area contributed by atoms with Crippen LogP contribution in [0.3, 0.4) is 0 Å². The topological polar surface area (TPSA) is 52.6 Å². The molecule has 0 atom stereocenters. The van der Waals surface area contributed by atoms with Gasteiger partial charge < -0.3 is 9.47 Å². The highest BCUT2D eigenvalue weighted by Gasteiger charge is 2.12. The molecule has 0 fully saturated rings. The van der Waals surface area contributed by atoms with Crippen LogP contribution in [0.15, 0.2) is 34.4 Å². The van der Waals surface area contributed by atoms with Crippen molar-refractivity contribution in [3.8, 4) is 0 Å². The lowest BCUT2D eigenvalue weighted by Crippen LogP contribution is -2.11. The van der Waals surface area contributed by atoms with Crippen molar-refractivity contribution in [2.45, 2.75) is 40.5 Å². The molecule has 0 aromatic heterocycles. The maximum atomic E-state index is 11.0. The molecule has 1 aliphatic carbocycles. The fraction of sp³-hybridized carbons (Fsp3) is 0.500. The lowest BCUT2D eigenvalue weighted by atomic mass is 9.95. The maximum absolute atomic E-state index is 11.0. The van der Waals surface area contributed by atoms with Crippen LogP contribution in [0.2, 0.25) is 0 Å². The Labute approximate surface area is 120 Å². The van der Waals surface area contributed by atoms with Crippen LogP contribution in [-0.4, -0.2) is 25.2 Å². The van der Waals surface area contributed by atoms with E-state index in [1.807, 2.05) is 12.2 Å². The summed E-state index contributed by atoms with van der Waals surface area (Å²) in [5.74, 6) is -0.633. The zero-order valence-corrected chi connectivity index (χ0v) is 12.6. The summed E-state index contributed by atoms with van der Waals surface area (Å²) in [7, 11) is 0. The van der Waals surface area contributed by atoms with Crippen molar-refractivity contribution in [3.63, 3.8) is 0 Å². The van der Waals surface area contributed by atoms with Crippen molar-refractivity contribution in [2.75, 3.05) is 13.2 Å². The Kier molecular flexibility index (Phi) is 6.22. The van der Waals surface area contributed by atoms with Gasteiger partial charge in [-0.05, 0) is 37.8 Å². The fourth-order valence-corrected chi connectivity index (χ4v) is 1.83. The number of allylic oxidation sites excluding steroid dienone is 4. The normalized spacial score (nSPS) is 24.6. The van der Waals surface area contributed by atoms with Crippen LogP contribution in [0.4, 0.5) is 0 Å². The van der Waals surface area contributed by atoms with Gasteiger partial charge in [0.05, 0.1) is 0 Å². The monoisotopic (exact) mass is 278 g/mol. The second-order valence-electron chi connectivity index (χ2n) is 4.99. The van der Waals surface area contributed by atoms with Gasteiger partial charge in [0.1, 0.15) is 13.2 Å². The summed E-state index contributed by atoms with van der Waals surface area (Å²) in [5, 5.41) is 0. The summed E-state index contributed by atoms with van der Waals surface area (Å²) in [6, 6.07) is 0. The van der Waals surface area contributed by atoms with Crippen LogP contribution in [0.25, 0.3) is 0 Å². The molecular weight excluding hydrogens is 256 g/mol. The van der Waals surface area contributed by atoms with Crippen LogP contribution >= 0.6 is 0 Å². The zero-order valence-electron chi connectivity index (χ0n) is 12.6. The molecule has 0 N–H and O–H groups in total. The van der Waals surface area contributed by atoms with Crippen LogP contribution < -0.4 is 0 Å². The van der Waals surface area contributed by atoms with E-state index < -0.39 is 0 Å². The van der Waals surface area contributed by atoms with Crippen molar-refractivity contribution in [1.82, 2.24) is 0 Å².